The Balaban J connectivity index is 2.64. The average molecular weight is 352 g/mol. The number of rotatable bonds is 3. The molecular weight excluding hydrogens is 328 g/mol. The van der Waals surface area contributed by atoms with Crippen LogP contribution in [0.2, 0.25) is 0 Å². The fourth-order valence-corrected chi connectivity index (χ4v) is 3.21. The molecule has 1 fully saturated rings. The van der Waals surface area contributed by atoms with E-state index >= 15 is 0 Å². The van der Waals surface area contributed by atoms with Crippen LogP contribution in [0.1, 0.15) is 41.3 Å². The van der Waals surface area contributed by atoms with Gasteiger partial charge in [-0.05, 0) is 24.1 Å². The number of nitrogens with two attached hydrogens (primary N) is 1. The van der Waals surface area contributed by atoms with Crippen LogP contribution in [-0.4, -0.2) is 50.0 Å². The van der Waals surface area contributed by atoms with E-state index in [2.05, 4.69) is 16.2 Å². The summed E-state index contributed by atoms with van der Waals surface area (Å²) in [4.78, 5) is 29.2. The van der Waals surface area contributed by atoms with E-state index in [1.165, 1.54) is 0 Å². The van der Waals surface area contributed by atoms with Crippen molar-refractivity contribution in [1.82, 2.24) is 4.90 Å². The molecule has 6 heteroatoms. The zero-order chi connectivity index (χ0) is 19.3. The number of likely N-dealkylation sites (tertiary alicyclic amines) is 1. The van der Waals surface area contributed by atoms with Crippen LogP contribution in [-0.2, 0) is 4.79 Å². The summed E-state index contributed by atoms with van der Waals surface area (Å²) in [6, 6.07) is 3.40. The van der Waals surface area contributed by atoms with Crippen molar-refractivity contribution in [3.05, 3.63) is 34.4 Å². The topological polar surface area (TPSA) is 87.8 Å². The third-order valence-electron chi connectivity index (χ3n) is 4.64. The molecule has 1 saturated heterocycles. The molecule has 1 aliphatic rings. The van der Waals surface area contributed by atoms with Gasteiger partial charge in [0.1, 0.15) is 6.29 Å². The van der Waals surface area contributed by atoms with Gasteiger partial charge in [0.15, 0.2) is 0 Å². The van der Waals surface area contributed by atoms with Gasteiger partial charge in [0.25, 0.3) is 0 Å². The number of hydrogen-bond acceptors (Lipinski definition) is 5. The number of carbonyl (C=O) groups is 2. The highest BCUT2D eigenvalue weighted by Gasteiger charge is 2.22. The van der Waals surface area contributed by atoms with E-state index in [9.17, 15) is 9.59 Å². The van der Waals surface area contributed by atoms with Crippen LogP contribution in [0.3, 0.4) is 0 Å². The molecule has 1 amide bonds. The first kappa shape index (κ1) is 19.3. The minimum absolute atomic E-state index is 0.0324. The van der Waals surface area contributed by atoms with Crippen molar-refractivity contribution in [2.75, 3.05) is 32.5 Å². The lowest BCUT2D eigenvalue weighted by molar-refractivity contribution is -0.128. The smallest absolute Gasteiger partial charge is 0.219 e. The Labute approximate surface area is 154 Å². The lowest BCUT2D eigenvalue weighted by atomic mass is 9.94. The Morgan fingerprint density at radius 2 is 2.08 bits per heavy atom. The van der Waals surface area contributed by atoms with E-state index in [1.54, 1.807) is 38.1 Å². The molecule has 1 heterocycles. The second-order valence-corrected chi connectivity index (χ2v) is 6.07. The standard InChI is InChI=1S/C20H24N4O2/c1-5-15-17(10-14(12-25)11-19(15)23-4)20(21)16-6-8-24(13(2)26)9-7-18(16)22-3/h1,10-12,23H,6-9,21H2,2-4H3. The molecule has 3 N–H and O–H groups in total. The zero-order valence-electron chi connectivity index (χ0n) is 15.4. The van der Waals surface area contributed by atoms with Crippen LogP contribution in [0, 0.1) is 12.3 Å². The summed E-state index contributed by atoms with van der Waals surface area (Å²) in [6.07, 6.45) is 7.69. The lowest BCUT2D eigenvalue weighted by Crippen LogP contribution is -2.29. The largest absolute Gasteiger partial charge is 0.398 e. The summed E-state index contributed by atoms with van der Waals surface area (Å²) in [5.74, 6) is 2.70. The normalized spacial score (nSPS) is 18.1. The number of carbonyl (C=O) groups excluding carboxylic acids is 2. The monoisotopic (exact) mass is 352 g/mol. The van der Waals surface area contributed by atoms with Crippen molar-refractivity contribution in [3.63, 3.8) is 0 Å². The number of benzene rings is 1. The Bertz CT molecular complexity index is 831. The molecular formula is C20H24N4O2. The number of amides is 1. The zero-order valence-corrected chi connectivity index (χ0v) is 15.4. The Kier molecular flexibility index (Phi) is 6.18. The maximum absolute atomic E-state index is 11.7. The van der Waals surface area contributed by atoms with Crippen LogP contribution < -0.4 is 11.1 Å². The van der Waals surface area contributed by atoms with E-state index in [-0.39, 0.29) is 5.91 Å². The van der Waals surface area contributed by atoms with E-state index in [4.69, 9.17) is 12.2 Å². The van der Waals surface area contributed by atoms with Gasteiger partial charge in [0.2, 0.25) is 5.91 Å². The number of nitrogens with one attached hydrogen (secondary N) is 1. The van der Waals surface area contributed by atoms with Gasteiger partial charge in [-0.25, -0.2) is 0 Å². The molecule has 0 aromatic heterocycles. The van der Waals surface area contributed by atoms with Crippen LogP contribution >= 0.6 is 0 Å². The van der Waals surface area contributed by atoms with Gasteiger partial charge in [-0.1, -0.05) is 5.92 Å². The highest BCUT2D eigenvalue weighted by atomic mass is 16.2. The van der Waals surface area contributed by atoms with Gasteiger partial charge in [-0.2, -0.15) is 0 Å². The first-order valence-electron chi connectivity index (χ1n) is 8.44. The Hall–Kier alpha value is -3.07. The van der Waals surface area contributed by atoms with Crippen molar-refractivity contribution in [2.24, 2.45) is 10.7 Å². The van der Waals surface area contributed by atoms with E-state index in [0.29, 0.717) is 54.0 Å². The predicted molar refractivity (Wildman–Crippen MR) is 105 cm³/mol. The molecule has 0 unspecified atom stereocenters. The van der Waals surface area contributed by atoms with E-state index < -0.39 is 0 Å². The molecule has 1 aliphatic heterocycles. The van der Waals surface area contributed by atoms with Crippen molar-refractivity contribution < 1.29 is 9.59 Å². The first-order chi connectivity index (χ1) is 12.5. The van der Waals surface area contributed by atoms with Gasteiger partial charge in [0.05, 0.1) is 11.3 Å². The number of terminal acetylenes is 1. The predicted octanol–water partition coefficient (Wildman–Crippen LogP) is 1.91. The Morgan fingerprint density at radius 1 is 1.38 bits per heavy atom. The first-order valence-corrected chi connectivity index (χ1v) is 8.44. The SMILES string of the molecule is C#Cc1c(NC)cc(C=O)cc1C(N)=C1CCN(C(C)=O)CCC1=NC. The van der Waals surface area contributed by atoms with E-state index in [1.807, 2.05) is 0 Å². The molecule has 2 rings (SSSR count). The number of anilines is 1. The van der Waals surface area contributed by atoms with Crippen LogP contribution in [0.5, 0.6) is 0 Å². The summed E-state index contributed by atoms with van der Waals surface area (Å²) in [7, 11) is 3.46. The second-order valence-electron chi connectivity index (χ2n) is 6.07. The third-order valence-corrected chi connectivity index (χ3v) is 4.64. The van der Waals surface area contributed by atoms with Crippen LogP contribution in [0.15, 0.2) is 22.7 Å². The average Bonchev–Trinajstić information content (AvgIpc) is 2.88. The molecule has 1 aromatic carbocycles. The van der Waals surface area contributed by atoms with Crippen LogP contribution in [0.4, 0.5) is 5.69 Å². The molecule has 136 valence electrons. The minimum Gasteiger partial charge on any atom is -0.398 e. The summed E-state index contributed by atoms with van der Waals surface area (Å²) < 4.78 is 0. The lowest BCUT2D eigenvalue weighted by Gasteiger charge is -2.17. The second kappa shape index (κ2) is 8.34. The minimum atomic E-state index is 0.0324. The Morgan fingerprint density at radius 3 is 2.62 bits per heavy atom. The van der Waals surface area contributed by atoms with Gasteiger partial charge < -0.3 is 16.0 Å². The molecule has 0 atom stereocenters. The van der Waals surface area contributed by atoms with Gasteiger partial charge in [0, 0.05) is 63.1 Å². The number of aldehydes is 1. The molecule has 6 nitrogen and oxygen atoms in total. The van der Waals surface area contributed by atoms with Crippen molar-refractivity contribution in [1.29, 1.82) is 0 Å². The highest BCUT2D eigenvalue weighted by molar-refractivity contribution is 6.07. The van der Waals surface area contributed by atoms with Crippen LogP contribution in [0.25, 0.3) is 5.70 Å². The van der Waals surface area contributed by atoms with Gasteiger partial charge >= 0.3 is 0 Å². The molecule has 26 heavy (non-hydrogen) atoms. The summed E-state index contributed by atoms with van der Waals surface area (Å²) in [6.45, 7) is 2.74. The maximum Gasteiger partial charge on any atom is 0.219 e. The molecule has 0 bridgehead atoms. The molecule has 1 aromatic rings. The number of hydrogen-bond donors (Lipinski definition) is 2. The fraction of sp³-hybridized carbons (Fsp3) is 0.350. The maximum atomic E-state index is 11.7. The summed E-state index contributed by atoms with van der Waals surface area (Å²) in [5, 5.41) is 3.02. The number of nitrogens with zero attached hydrogens (tertiary/aromatic N) is 2. The van der Waals surface area contributed by atoms with Gasteiger partial charge in [-0.3, -0.25) is 14.6 Å². The van der Waals surface area contributed by atoms with Crippen molar-refractivity contribution in [2.45, 2.75) is 19.8 Å². The molecule has 0 saturated carbocycles. The third kappa shape index (κ3) is 3.77. The number of aliphatic imine (C=N–C) groups is 1. The molecule has 0 spiro atoms. The molecule has 0 aliphatic carbocycles. The van der Waals surface area contributed by atoms with Crippen molar-refractivity contribution >= 4 is 29.3 Å². The fourth-order valence-electron chi connectivity index (χ4n) is 3.21. The summed E-state index contributed by atoms with van der Waals surface area (Å²) >= 11 is 0. The molecule has 0 radical (unpaired) electrons. The van der Waals surface area contributed by atoms with E-state index in [0.717, 1.165) is 17.6 Å². The highest BCUT2D eigenvalue weighted by Crippen LogP contribution is 2.29. The van der Waals surface area contributed by atoms with Crippen molar-refractivity contribution in [3.8, 4) is 12.3 Å². The quantitative estimate of drug-likeness (QED) is 0.642. The summed E-state index contributed by atoms with van der Waals surface area (Å²) in [5.41, 5.74) is 11.1. The van der Waals surface area contributed by atoms with Gasteiger partial charge in [-0.15, -0.1) is 6.42 Å².